The molecule has 0 aliphatic rings. The molecule has 4 rings (SSSR count). The van der Waals surface area contributed by atoms with Gasteiger partial charge in [-0.2, -0.15) is 0 Å². The summed E-state index contributed by atoms with van der Waals surface area (Å²) in [6.07, 6.45) is 0. The normalized spacial score (nSPS) is 10.8. The molecule has 0 atom stereocenters. The van der Waals surface area contributed by atoms with Crippen molar-refractivity contribution < 1.29 is 0 Å². The first-order chi connectivity index (χ1) is 14.7. The van der Waals surface area contributed by atoms with Gasteiger partial charge in [-0.3, -0.25) is 0 Å². The van der Waals surface area contributed by atoms with E-state index in [4.69, 9.17) is 16.6 Å². The molecule has 5 N–H and O–H groups in total. The van der Waals surface area contributed by atoms with Gasteiger partial charge in [-0.1, -0.05) is 80.6 Å². The lowest BCUT2D eigenvalue weighted by molar-refractivity contribution is 0.804. The van der Waals surface area contributed by atoms with Crippen LogP contribution in [0.5, 0.6) is 0 Å². The molecule has 0 saturated heterocycles. The number of hydrazone groups is 1. The fourth-order valence-corrected chi connectivity index (χ4v) is 3.81. The van der Waals surface area contributed by atoms with Gasteiger partial charge in [0, 0.05) is 22.1 Å². The molecule has 0 aliphatic heterocycles. The second kappa shape index (κ2) is 10.3. The molecule has 5 nitrogen and oxygen atoms in total. The molecule has 1 heterocycles. The third-order valence-corrected chi connectivity index (χ3v) is 5.25. The average molecular weight is 416 g/mol. The Labute approximate surface area is 181 Å². The van der Waals surface area contributed by atoms with Gasteiger partial charge in [0.2, 0.25) is 0 Å². The van der Waals surface area contributed by atoms with Gasteiger partial charge < -0.3 is 5.73 Å². The lowest BCUT2D eigenvalue weighted by Crippen LogP contribution is -2.22. The molecule has 0 aliphatic carbocycles. The van der Waals surface area contributed by atoms with Crippen molar-refractivity contribution in [3.8, 4) is 33.0 Å². The van der Waals surface area contributed by atoms with E-state index in [1.807, 2.05) is 62.4 Å². The number of rotatable bonds is 5. The predicted molar refractivity (Wildman–Crippen MR) is 128 cm³/mol. The van der Waals surface area contributed by atoms with Crippen molar-refractivity contribution in [2.24, 2.45) is 16.7 Å². The van der Waals surface area contributed by atoms with Crippen LogP contribution in [0.4, 0.5) is 0 Å². The zero-order chi connectivity index (χ0) is 21.3. The number of hydrazine groups is 1. The van der Waals surface area contributed by atoms with Gasteiger partial charge in [0.1, 0.15) is 5.01 Å². The molecule has 6 heteroatoms. The number of hydrogen-bond acceptors (Lipinski definition) is 5. The molecule has 0 saturated carbocycles. The molecular formula is C24H25N5S. The highest BCUT2D eigenvalue weighted by Gasteiger charge is 2.08. The van der Waals surface area contributed by atoms with Crippen LogP contribution in [-0.2, 0) is 0 Å². The molecule has 152 valence electrons. The van der Waals surface area contributed by atoms with Crippen molar-refractivity contribution in [2.45, 2.75) is 13.8 Å². The summed E-state index contributed by atoms with van der Waals surface area (Å²) in [7, 11) is 0. The Morgan fingerprint density at radius 1 is 0.833 bits per heavy atom. The van der Waals surface area contributed by atoms with Crippen LogP contribution in [-0.4, -0.2) is 10.8 Å². The van der Waals surface area contributed by atoms with E-state index >= 15 is 0 Å². The first-order valence-electron chi connectivity index (χ1n) is 9.75. The Hall–Kier alpha value is -3.48. The summed E-state index contributed by atoms with van der Waals surface area (Å²) < 4.78 is 0. The van der Waals surface area contributed by atoms with Crippen LogP contribution in [0.2, 0.25) is 0 Å². The Bertz CT molecular complexity index is 1120. The summed E-state index contributed by atoms with van der Waals surface area (Å²) in [5.41, 5.74) is 14.3. The van der Waals surface area contributed by atoms with E-state index in [9.17, 15) is 0 Å². The summed E-state index contributed by atoms with van der Waals surface area (Å²) in [6, 6.07) is 26.4. The SMILES string of the molecule is CC.NN/N=C(\N)c1cccc(-c2cccc(-c3csc(-c4ccccc4)n3)c2)c1. The Morgan fingerprint density at radius 3 is 2.20 bits per heavy atom. The highest BCUT2D eigenvalue weighted by molar-refractivity contribution is 7.13. The maximum Gasteiger partial charge on any atom is 0.152 e. The van der Waals surface area contributed by atoms with Crippen molar-refractivity contribution in [2.75, 3.05) is 0 Å². The molecule has 0 fully saturated rings. The van der Waals surface area contributed by atoms with Crippen LogP contribution in [0, 0.1) is 0 Å². The van der Waals surface area contributed by atoms with Crippen molar-refractivity contribution >= 4 is 17.2 Å². The fraction of sp³-hybridized carbons (Fsp3) is 0.0833. The maximum atomic E-state index is 5.93. The van der Waals surface area contributed by atoms with Gasteiger partial charge in [0.25, 0.3) is 0 Å². The van der Waals surface area contributed by atoms with Crippen molar-refractivity contribution in [1.29, 1.82) is 0 Å². The van der Waals surface area contributed by atoms with Gasteiger partial charge in [-0.25, -0.2) is 16.4 Å². The minimum Gasteiger partial charge on any atom is -0.382 e. The van der Waals surface area contributed by atoms with Crippen LogP contribution in [0.1, 0.15) is 19.4 Å². The molecule has 0 unspecified atom stereocenters. The van der Waals surface area contributed by atoms with Crippen LogP contribution in [0.15, 0.2) is 89.3 Å². The summed E-state index contributed by atoms with van der Waals surface area (Å²) in [6.45, 7) is 4.00. The molecule has 4 aromatic rings. The Morgan fingerprint density at radius 2 is 1.47 bits per heavy atom. The van der Waals surface area contributed by atoms with Crippen molar-refractivity contribution in [1.82, 2.24) is 10.5 Å². The molecule has 0 spiro atoms. The van der Waals surface area contributed by atoms with Crippen LogP contribution in [0.3, 0.4) is 0 Å². The minimum absolute atomic E-state index is 0.340. The number of amidine groups is 1. The number of nitrogens with zero attached hydrogens (tertiary/aromatic N) is 2. The Kier molecular flexibility index (Phi) is 7.32. The molecular weight excluding hydrogens is 390 g/mol. The topological polar surface area (TPSA) is 89.3 Å². The second-order valence-corrected chi connectivity index (χ2v) is 7.05. The van der Waals surface area contributed by atoms with E-state index < -0.39 is 0 Å². The Balaban J connectivity index is 0.00000124. The molecule has 30 heavy (non-hydrogen) atoms. The lowest BCUT2D eigenvalue weighted by Gasteiger charge is -2.07. The van der Waals surface area contributed by atoms with E-state index in [0.717, 1.165) is 38.5 Å². The number of nitrogens with one attached hydrogen (secondary N) is 1. The molecule has 0 amide bonds. The zero-order valence-electron chi connectivity index (χ0n) is 17.0. The smallest absolute Gasteiger partial charge is 0.152 e. The first-order valence-corrected chi connectivity index (χ1v) is 10.6. The van der Waals surface area contributed by atoms with E-state index in [0.29, 0.717) is 5.84 Å². The van der Waals surface area contributed by atoms with Gasteiger partial charge in [-0.15, -0.1) is 16.4 Å². The molecule has 1 aromatic heterocycles. The summed E-state index contributed by atoms with van der Waals surface area (Å²) in [5, 5.41) is 6.95. The number of aromatic nitrogens is 1. The van der Waals surface area contributed by atoms with Crippen LogP contribution in [0.25, 0.3) is 33.0 Å². The molecule has 0 radical (unpaired) electrons. The molecule has 3 aromatic carbocycles. The van der Waals surface area contributed by atoms with Gasteiger partial charge >= 0.3 is 0 Å². The van der Waals surface area contributed by atoms with E-state index in [1.165, 1.54) is 0 Å². The molecule has 0 bridgehead atoms. The number of thiazole rings is 1. The quantitative estimate of drug-likeness (QED) is 0.180. The number of hydrogen-bond donors (Lipinski definition) is 3. The summed E-state index contributed by atoms with van der Waals surface area (Å²) in [5.74, 6) is 5.56. The largest absolute Gasteiger partial charge is 0.382 e. The highest BCUT2D eigenvalue weighted by atomic mass is 32.1. The fourth-order valence-electron chi connectivity index (χ4n) is 2.97. The number of nitrogens with two attached hydrogens (primary N) is 2. The minimum atomic E-state index is 0.340. The third-order valence-electron chi connectivity index (χ3n) is 4.36. The maximum absolute atomic E-state index is 5.93. The zero-order valence-corrected chi connectivity index (χ0v) is 17.9. The standard InChI is InChI=1S/C22H19N5S.C2H6/c23-21(26-27-24)19-11-5-9-17(13-19)16-8-4-10-18(12-16)20-14-28-22(25-20)15-6-2-1-3-7-15;1-2/h1-14,27H,24H2,(H2,23,26);1-2H3. The van der Waals surface area contributed by atoms with E-state index in [-0.39, 0.29) is 0 Å². The second-order valence-electron chi connectivity index (χ2n) is 6.19. The number of benzene rings is 3. The van der Waals surface area contributed by atoms with E-state index in [2.05, 4.69) is 46.3 Å². The van der Waals surface area contributed by atoms with Gasteiger partial charge in [0.15, 0.2) is 5.84 Å². The third kappa shape index (κ3) is 4.92. The van der Waals surface area contributed by atoms with Crippen molar-refractivity contribution in [3.63, 3.8) is 0 Å². The summed E-state index contributed by atoms with van der Waals surface area (Å²) >= 11 is 1.65. The first kappa shape index (κ1) is 21.2. The van der Waals surface area contributed by atoms with Crippen molar-refractivity contribution in [3.05, 3.63) is 89.8 Å². The summed E-state index contributed by atoms with van der Waals surface area (Å²) in [4.78, 5) is 4.81. The van der Waals surface area contributed by atoms with Crippen LogP contribution >= 0.6 is 11.3 Å². The lowest BCUT2D eigenvalue weighted by atomic mass is 10.00. The monoisotopic (exact) mass is 415 g/mol. The predicted octanol–water partition coefficient (Wildman–Crippen LogP) is 5.25. The van der Waals surface area contributed by atoms with Gasteiger partial charge in [0.05, 0.1) is 5.69 Å². The van der Waals surface area contributed by atoms with Crippen LogP contribution < -0.4 is 17.1 Å². The highest BCUT2D eigenvalue weighted by Crippen LogP contribution is 2.31. The van der Waals surface area contributed by atoms with E-state index in [1.54, 1.807) is 11.3 Å². The average Bonchev–Trinajstić information content (AvgIpc) is 3.32. The van der Waals surface area contributed by atoms with Gasteiger partial charge in [-0.05, 0) is 23.3 Å².